The van der Waals surface area contributed by atoms with E-state index in [4.69, 9.17) is 30.8 Å². The summed E-state index contributed by atoms with van der Waals surface area (Å²) in [5.41, 5.74) is 0.533. The molecular formula is C15H21ClO6. The molecule has 0 spiro atoms. The maximum atomic E-state index is 11.6. The first-order valence-electron chi connectivity index (χ1n) is 7.03. The van der Waals surface area contributed by atoms with Crippen molar-refractivity contribution < 1.29 is 28.0 Å². The van der Waals surface area contributed by atoms with Gasteiger partial charge in [-0.3, -0.25) is 4.29 Å². The fourth-order valence-corrected chi connectivity index (χ4v) is 1.55. The molecule has 0 aliphatic carbocycles. The van der Waals surface area contributed by atoms with E-state index in [1.165, 1.54) is 0 Å². The number of hydrogen-bond acceptors (Lipinski definition) is 6. The number of ether oxygens (including phenoxy) is 4. The molecule has 0 N–H and O–H groups in total. The number of halogens is 1. The van der Waals surface area contributed by atoms with Gasteiger partial charge in [0.05, 0.1) is 63.7 Å². The molecule has 7 heteroatoms. The molecule has 124 valence electrons. The first kappa shape index (κ1) is 18.9. The second-order valence-corrected chi connectivity index (χ2v) is 4.37. The summed E-state index contributed by atoms with van der Waals surface area (Å²) < 4.78 is 25.1. The van der Waals surface area contributed by atoms with Gasteiger partial charge in [0.2, 0.25) is 0 Å². The molecule has 1 rings (SSSR count). The lowest BCUT2D eigenvalue weighted by Crippen LogP contribution is -2.14. The maximum absolute atomic E-state index is 11.6. The molecule has 0 bridgehead atoms. The van der Waals surface area contributed by atoms with Gasteiger partial charge in [-0.25, -0.2) is 4.79 Å². The molecular weight excluding hydrogens is 312 g/mol. The Bertz CT molecular complexity index is 387. The highest BCUT2D eigenvalue weighted by Gasteiger charge is 2.04. The van der Waals surface area contributed by atoms with E-state index in [0.717, 1.165) is 0 Å². The van der Waals surface area contributed by atoms with E-state index in [1.54, 1.807) is 24.3 Å². The minimum absolute atomic E-state index is 0.218. The van der Waals surface area contributed by atoms with Gasteiger partial charge < -0.3 is 18.9 Å². The molecule has 0 amide bonds. The van der Waals surface area contributed by atoms with Gasteiger partial charge in [-0.1, -0.05) is 18.2 Å². The lowest BCUT2D eigenvalue weighted by Gasteiger charge is -2.07. The van der Waals surface area contributed by atoms with E-state index in [9.17, 15) is 4.79 Å². The molecule has 22 heavy (non-hydrogen) atoms. The minimum Gasteiger partial charge on any atom is -0.460 e. The smallest absolute Gasteiger partial charge is 0.338 e. The van der Waals surface area contributed by atoms with Crippen LogP contribution in [0.5, 0.6) is 0 Å². The third kappa shape index (κ3) is 9.70. The number of carbonyl (C=O) groups excluding carboxylic acids is 1. The summed E-state index contributed by atoms with van der Waals surface area (Å²) in [6.07, 6.45) is 0. The summed E-state index contributed by atoms with van der Waals surface area (Å²) in [6, 6.07) is 8.83. The highest BCUT2D eigenvalue weighted by molar-refractivity contribution is 6.07. The number of esters is 1. The Kier molecular flexibility index (Phi) is 11.6. The van der Waals surface area contributed by atoms with Gasteiger partial charge in [-0.05, 0) is 12.1 Å². The van der Waals surface area contributed by atoms with Crippen LogP contribution in [0.1, 0.15) is 10.4 Å². The second-order valence-electron chi connectivity index (χ2n) is 4.15. The zero-order valence-electron chi connectivity index (χ0n) is 12.4. The topological polar surface area (TPSA) is 63.2 Å². The zero-order chi connectivity index (χ0) is 15.9. The monoisotopic (exact) mass is 332 g/mol. The SMILES string of the molecule is O=C(OCCOCCOCCOCCOCl)c1ccccc1. The molecule has 0 aliphatic rings. The third-order valence-corrected chi connectivity index (χ3v) is 2.67. The van der Waals surface area contributed by atoms with E-state index < -0.39 is 0 Å². The predicted molar refractivity (Wildman–Crippen MR) is 81.0 cm³/mol. The van der Waals surface area contributed by atoms with Crippen LogP contribution in [0.3, 0.4) is 0 Å². The van der Waals surface area contributed by atoms with E-state index in [1.807, 2.05) is 6.07 Å². The van der Waals surface area contributed by atoms with E-state index in [0.29, 0.717) is 51.8 Å². The molecule has 0 radical (unpaired) electrons. The van der Waals surface area contributed by atoms with Crippen LogP contribution in [0.4, 0.5) is 0 Å². The van der Waals surface area contributed by atoms with Gasteiger partial charge >= 0.3 is 5.97 Å². The molecule has 0 unspecified atom stereocenters. The summed E-state index contributed by atoms with van der Waals surface area (Å²) in [5.74, 6) is -0.349. The Morgan fingerprint density at radius 2 is 1.27 bits per heavy atom. The summed E-state index contributed by atoms with van der Waals surface area (Å²) in [7, 11) is 0. The van der Waals surface area contributed by atoms with Gasteiger partial charge in [-0.2, -0.15) is 0 Å². The van der Waals surface area contributed by atoms with Crippen molar-refractivity contribution in [3.05, 3.63) is 35.9 Å². The first-order chi connectivity index (χ1) is 10.8. The molecule has 0 saturated heterocycles. The van der Waals surface area contributed by atoms with Crippen LogP contribution in [0.15, 0.2) is 30.3 Å². The van der Waals surface area contributed by atoms with Gasteiger partial charge in [0, 0.05) is 0 Å². The third-order valence-electron chi connectivity index (χ3n) is 2.52. The van der Waals surface area contributed by atoms with Crippen LogP contribution >= 0.6 is 11.9 Å². The van der Waals surface area contributed by atoms with E-state index in [-0.39, 0.29) is 12.6 Å². The Labute approximate surface area is 135 Å². The Morgan fingerprint density at radius 1 is 0.773 bits per heavy atom. The normalized spacial score (nSPS) is 10.6. The van der Waals surface area contributed by atoms with Crippen molar-refractivity contribution in [2.75, 3.05) is 52.9 Å². The van der Waals surface area contributed by atoms with Crippen molar-refractivity contribution in [3.63, 3.8) is 0 Å². The highest BCUT2D eigenvalue weighted by Crippen LogP contribution is 2.00. The molecule has 1 aromatic rings. The number of benzene rings is 1. The Morgan fingerprint density at radius 3 is 1.82 bits per heavy atom. The van der Waals surface area contributed by atoms with Gasteiger partial charge in [0.25, 0.3) is 0 Å². The van der Waals surface area contributed by atoms with Crippen molar-refractivity contribution in [2.45, 2.75) is 0 Å². The summed E-state index contributed by atoms with van der Waals surface area (Å²) in [5, 5.41) is 0. The molecule has 1 aromatic carbocycles. The summed E-state index contributed by atoms with van der Waals surface area (Å²) in [6.45, 7) is 3.21. The number of hydrogen-bond donors (Lipinski definition) is 0. The van der Waals surface area contributed by atoms with Crippen molar-refractivity contribution in [3.8, 4) is 0 Å². The summed E-state index contributed by atoms with van der Waals surface area (Å²) >= 11 is 5.02. The Hall–Kier alpha value is -1.18. The van der Waals surface area contributed by atoms with E-state index >= 15 is 0 Å². The van der Waals surface area contributed by atoms with Gasteiger partial charge in [-0.15, -0.1) is 0 Å². The quantitative estimate of drug-likeness (QED) is 0.407. The fraction of sp³-hybridized carbons (Fsp3) is 0.533. The van der Waals surface area contributed by atoms with Crippen LogP contribution in [0, 0.1) is 0 Å². The van der Waals surface area contributed by atoms with Crippen LogP contribution in [-0.2, 0) is 23.2 Å². The molecule has 0 aromatic heterocycles. The molecule has 0 atom stereocenters. The zero-order valence-corrected chi connectivity index (χ0v) is 13.1. The van der Waals surface area contributed by atoms with Gasteiger partial charge in [0.15, 0.2) is 0 Å². The van der Waals surface area contributed by atoms with Crippen LogP contribution in [-0.4, -0.2) is 58.8 Å². The lowest BCUT2D eigenvalue weighted by atomic mass is 10.2. The average Bonchev–Trinajstić information content (AvgIpc) is 2.56. The second kappa shape index (κ2) is 13.5. The van der Waals surface area contributed by atoms with Crippen LogP contribution in [0.2, 0.25) is 0 Å². The fourth-order valence-electron chi connectivity index (χ4n) is 1.48. The number of carbonyl (C=O) groups is 1. The largest absolute Gasteiger partial charge is 0.460 e. The molecule has 6 nitrogen and oxygen atoms in total. The molecule has 0 heterocycles. The van der Waals surface area contributed by atoms with Crippen LogP contribution in [0.25, 0.3) is 0 Å². The first-order valence-corrected chi connectivity index (χ1v) is 7.34. The standard InChI is InChI=1S/C15H21ClO6/c16-22-13-11-20-9-7-18-6-8-19-10-12-21-15(17)14-4-2-1-3-5-14/h1-5H,6-13H2. The van der Waals surface area contributed by atoms with Gasteiger partial charge in [0.1, 0.15) is 6.61 Å². The van der Waals surface area contributed by atoms with E-state index in [2.05, 4.69) is 4.29 Å². The molecule has 0 aliphatic heterocycles. The minimum atomic E-state index is -0.349. The van der Waals surface area contributed by atoms with Crippen molar-refractivity contribution >= 4 is 17.8 Å². The molecule has 0 fully saturated rings. The summed E-state index contributed by atoms with van der Waals surface area (Å²) in [4.78, 5) is 11.6. The average molecular weight is 333 g/mol. The highest BCUT2D eigenvalue weighted by atomic mass is 35.5. The maximum Gasteiger partial charge on any atom is 0.338 e. The molecule has 0 saturated carbocycles. The van der Waals surface area contributed by atoms with Crippen molar-refractivity contribution in [2.24, 2.45) is 0 Å². The lowest BCUT2D eigenvalue weighted by molar-refractivity contribution is -0.00197. The Balaban J connectivity index is 1.85. The van der Waals surface area contributed by atoms with Crippen molar-refractivity contribution in [1.82, 2.24) is 0 Å². The number of rotatable bonds is 13. The predicted octanol–water partition coefficient (Wildman–Crippen LogP) is 2.06. The van der Waals surface area contributed by atoms with Crippen LogP contribution < -0.4 is 0 Å². The van der Waals surface area contributed by atoms with Crippen molar-refractivity contribution in [1.29, 1.82) is 0 Å².